The van der Waals surface area contributed by atoms with E-state index in [1.54, 1.807) is 6.33 Å². The van der Waals surface area contributed by atoms with Crippen molar-refractivity contribution in [2.75, 3.05) is 17.7 Å². The van der Waals surface area contributed by atoms with Crippen molar-refractivity contribution in [3.8, 4) is 5.88 Å². The second-order valence-electron chi connectivity index (χ2n) is 4.77. The molecule has 106 valence electrons. The fourth-order valence-corrected chi connectivity index (χ4v) is 3.60. The molecule has 5 heteroatoms. The number of anilines is 1. The van der Waals surface area contributed by atoms with Crippen molar-refractivity contribution in [2.24, 2.45) is 0 Å². The second-order valence-corrected chi connectivity index (χ2v) is 6.28. The first-order chi connectivity index (χ1) is 9.33. The van der Waals surface area contributed by atoms with Crippen LogP contribution in [0.1, 0.15) is 39.5 Å². The minimum Gasteiger partial charge on any atom is -0.478 e. The van der Waals surface area contributed by atoms with Gasteiger partial charge in [0.25, 0.3) is 0 Å². The minimum absolute atomic E-state index is 0.527. The summed E-state index contributed by atoms with van der Waals surface area (Å²) >= 11 is 2.05. The van der Waals surface area contributed by atoms with E-state index in [0.717, 1.165) is 12.2 Å². The predicted octanol–water partition coefficient (Wildman–Crippen LogP) is 3.35. The lowest BCUT2D eigenvalue weighted by Crippen LogP contribution is -2.26. The van der Waals surface area contributed by atoms with Crippen molar-refractivity contribution in [1.82, 2.24) is 9.97 Å². The summed E-state index contributed by atoms with van der Waals surface area (Å²) in [6.45, 7) is 5.01. The molecule has 4 nitrogen and oxygen atoms in total. The van der Waals surface area contributed by atoms with Crippen LogP contribution < -0.4 is 10.1 Å². The molecule has 1 saturated carbocycles. The summed E-state index contributed by atoms with van der Waals surface area (Å²) in [7, 11) is 0. The van der Waals surface area contributed by atoms with Crippen LogP contribution in [0.5, 0.6) is 5.88 Å². The Morgan fingerprint density at radius 1 is 1.37 bits per heavy atom. The van der Waals surface area contributed by atoms with Crippen molar-refractivity contribution < 1.29 is 4.74 Å². The number of hydrogen-bond donors (Lipinski definition) is 1. The smallest absolute Gasteiger partial charge is 0.218 e. The Kier molecular flexibility index (Phi) is 5.76. The number of ether oxygens (including phenoxy) is 1. The predicted molar refractivity (Wildman–Crippen MR) is 81.0 cm³/mol. The summed E-state index contributed by atoms with van der Waals surface area (Å²) in [6.07, 6.45) is 6.40. The first kappa shape index (κ1) is 14.4. The van der Waals surface area contributed by atoms with Gasteiger partial charge in [-0.05, 0) is 25.0 Å². The molecule has 0 bridgehead atoms. The van der Waals surface area contributed by atoms with Crippen LogP contribution >= 0.6 is 11.8 Å². The molecule has 0 aliphatic heterocycles. The third-order valence-corrected chi connectivity index (χ3v) is 4.59. The van der Waals surface area contributed by atoms with Gasteiger partial charge in [-0.1, -0.05) is 20.3 Å². The summed E-state index contributed by atoms with van der Waals surface area (Å²) in [5, 5.41) is 4.25. The monoisotopic (exact) mass is 281 g/mol. The van der Waals surface area contributed by atoms with Crippen LogP contribution in [0.15, 0.2) is 12.4 Å². The van der Waals surface area contributed by atoms with Crippen molar-refractivity contribution in [3.63, 3.8) is 0 Å². The zero-order chi connectivity index (χ0) is 13.5. The standard InChI is InChI=1S/C14H23N3OS/c1-3-8-18-14-9-13(15-10-16-14)17-11-6-5-7-12(11)19-4-2/h9-12H,3-8H2,1-2H3,(H,15,16,17). The molecule has 0 spiro atoms. The Balaban J connectivity index is 1.94. The highest BCUT2D eigenvalue weighted by atomic mass is 32.2. The fraction of sp³-hybridized carbons (Fsp3) is 0.714. The Bertz CT molecular complexity index is 389. The zero-order valence-corrected chi connectivity index (χ0v) is 12.6. The third-order valence-electron chi connectivity index (χ3n) is 3.26. The molecule has 1 aromatic rings. The average Bonchev–Trinajstić information content (AvgIpc) is 2.85. The molecule has 1 aliphatic rings. The summed E-state index contributed by atoms with van der Waals surface area (Å²) in [6, 6.07) is 2.43. The molecule has 2 unspecified atom stereocenters. The van der Waals surface area contributed by atoms with Gasteiger partial charge in [-0.25, -0.2) is 9.97 Å². The molecule has 1 aromatic heterocycles. The molecule has 1 aliphatic carbocycles. The number of hydrogen-bond acceptors (Lipinski definition) is 5. The first-order valence-electron chi connectivity index (χ1n) is 7.16. The molecule has 1 fully saturated rings. The molecule has 2 rings (SSSR count). The van der Waals surface area contributed by atoms with Gasteiger partial charge in [-0.3, -0.25) is 0 Å². The molecular formula is C14H23N3OS. The van der Waals surface area contributed by atoms with Gasteiger partial charge < -0.3 is 10.1 Å². The average molecular weight is 281 g/mol. The number of rotatable bonds is 7. The lowest BCUT2D eigenvalue weighted by Gasteiger charge is -2.20. The molecule has 1 heterocycles. The van der Waals surface area contributed by atoms with E-state index in [4.69, 9.17) is 4.74 Å². The second kappa shape index (κ2) is 7.58. The first-order valence-corrected chi connectivity index (χ1v) is 8.21. The maximum absolute atomic E-state index is 5.54. The highest BCUT2D eigenvalue weighted by molar-refractivity contribution is 7.99. The zero-order valence-electron chi connectivity index (χ0n) is 11.8. The van der Waals surface area contributed by atoms with Crippen LogP contribution in [-0.2, 0) is 0 Å². The number of nitrogens with one attached hydrogen (secondary N) is 1. The van der Waals surface area contributed by atoms with E-state index in [2.05, 4.69) is 29.1 Å². The molecule has 0 radical (unpaired) electrons. The van der Waals surface area contributed by atoms with Gasteiger partial charge in [0.05, 0.1) is 6.61 Å². The van der Waals surface area contributed by atoms with Gasteiger partial charge in [-0.15, -0.1) is 0 Å². The Labute approximate surface area is 119 Å². The summed E-state index contributed by atoms with van der Waals surface area (Å²) in [4.78, 5) is 8.42. The van der Waals surface area contributed by atoms with Crippen LogP contribution in [0.3, 0.4) is 0 Å². The van der Waals surface area contributed by atoms with Crippen LogP contribution in [0.4, 0.5) is 5.82 Å². The summed E-state index contributed by atoms with van der Waals surface area (Å²) < 4.78 is 5.54. The van der Waals surface area contributed by atoms with Crippen molar-refractivity contribution in [1.29, 1.82) is 0 Å². The Hall–Kier alpha value is -0.970. The SMILES string of the molecule is CCCOc1cc(NC2CCCC2SCC)ncn1. The number of nitrogens with zero attached hydrogens (tertiary/aromatic N) is 2. The molecule has 0 saturated heterocycles. The van der Waals surface area contributed by atoms with E-state index in [9.17, 15) is 0 Å². The van der Waals surface area contributed by atoms with Crippen LogP contribution in [0.2, 0.25) is 0 Å². The maximum atomic E-state index is 5.54. The van der Waals surface area contributed by atoms with E-state index in [1.807, 2.05) is 17.8 Å². The minimum atomic E-state index is 0.527. The van der Waals surface area contributed by atoms with Gasteiger partial charge in [0.15, 0.2) is 0 Å². The topological polar surface area (TPSA) is 47.0 Å². The van der Waals surface area contributed by atoms with E-state index in [0.29, 0.717) is 23.8 Å². The molecule has 1 N–H and O–H groups in total. The Morgan fingerprint density at radius 2 is 2.26 bits per heavy atom. The normalized spacial score (nSPS) is 22.4. The molecule has 2 atom stereocenters. The summed E-state index contributed by atoms with van der Waals surface area (Å²) in [5.41, 5.74) is 0. The van der Waals surface area contributed by atoms with E-state index >= 15 is 0 Å². The quantitative estimate of drug-likeness (QED) is 0.830. The van der Waals surface area contributed by atoms with Crippen molar-refractivity contribution in [3.05, 3.63) is 12.4 Å². The molecular weight excluding hydrogens is 258 g/mol. The number of thioether (sulfide) groups is 1. The van der Waals surface area contributed by atoms with Crippen LogP contribution in [0.25, 0.3) is 0 Å². The Morgan fingerprint density at radius 3 is 3.05 bits per heavy atom. The maximum Gasteiger partial charge on any atom is 0.218 e. The molecule has 0 amide bonds. The third kappa shape index (κ3) is 4.27. The van der Waals surface area contributed by atoms with E-state index in [1.165, 1.54) is 25.0 Å². The van der Waals surface area contributed by atoms with Crippen molar-refractivity contribution in [2.45, 2.75) is 50.8 Å². The summed E-state index contributed by atoms with van der Waals surface area (Å²) in [5.74, 6) is 2.73. The highest BCUT2D eigenvalue weighted by Gasteiger charge is 2.27. The van der Waals surface area contributed by atoms with Gasteiger partial charge in [0.2, 0.25) is 5.88 Å². The van der Waals surface area contributed by atoms with Crippen LogP contribution in [-0.4, -0.2) is 33.6 Å². The lowest BCUT2D eigenvalue weighted by atomic mass is 10.2. The highest BCUT2D eigenvalue weighted by Crippen LogP contribution is 2.31. The van der Waals surface area contributed by atoms with E-state index in [-0.39, 0.29) is 0 Å². The molecule has 0 aromatic carbocycles. The fourth-order valence-electron chi connectivity index (χ4n) is 2.40. The lowest BCUT2D eigenvalue weighted by molar-refractivity contribution is 0.305. The van der Waals surface area contributed by atoms with Gasteiger partial charge in [0, 0.05) is 17.4 Å². The number of aromatic nitrogens is 2. The largest absolute Gasteiger partial charge is 0.478 e. The van der Waals surface area contributed by atoms with Crippen molar-refractivity contribution >= 4 is 17.6 Å². The molecule has 19 heavy (non-hydrogen) atoms. The van der Waals surface area contributed by atoms with Gasteiger partial charge >= 0.3 is 0 Å². The van der Waals surface area contributed by atoms with Crippen LogP contribution in [0, 0.1) is 0 Å². The van der Waals surface area contributed by atoms with Gasteiger partial charge in [-0.2, -0.15) is 11.8 Å². The van der Waals surface area contributed by atoms with Gasteiger partial charge in [0.1, 0.15) is 12.1 Å². The van der Waals surface area contributed by atoms with E-state index < -0.39 is 0 Å².